The molecule has 3 N–H and O–H groups in total. The highest BCUT2D eigenvalue weighted by molar-refractivity contribution is 7.98. The second kappa shape index (κ2) is 9.70. The summed E-state index contributed by atoms with van der Waals surface area (Å²) in [5, 5.41) is 10.5. The number of benzene rings is 1. The van der Waals surface area contributed by atoms with Gasteiger partial charge >= 0.3 is 0 Å². The van der Waals surface area contributed by atoms with E-state index in [4.69, 9.17) is 9.47 Å². The van der Waals surface area contributed by atoms with Crippen molar-refractivity contribution < 1.29 is 9.47 Å². The summed E-state index contributed by atoms with van der Waals surface area (Å²) < 4.78 is 10.7. The van der Waals surface area contributed by atoms with Gasteiger partial charge in [0.2, 0.25) is 0 Å². The first-order chi connectivity index (χ1) is 13.7. The summed E-state index contributed by atoms with van der Waals surface area (Å²) in [6.45, 7) is 0.538. The quantitative estimate of drug-likeness (QED) is 0.459. The number of aromatic nitrogens is 2. The fourth-order valence-corrected chi connectivity index (χ4v) is 2.84. The largest absolute Gasteiger partial charge is 0.497 e. The molecule has 0 fully saturated rings. The van der Waals surface area contributed by atoms with Crippen molar-refractivity contribution >= 4 is 23.3 Å². The third-order valence-corrected chi connectivity index (χ3v) is 4.50. The molecule has 2 aromatic rings. The van der Waals surface area contributed by atoms with Crippen LogP contribution in [-0.2, 0) is 6.54 Å². The van der Waals surface area contributed by atoms with Gasteiger partial charge in [0.05, 0.1) is 19.9 Å². The van der Waals surface area contributed by atoms with Crippen LogP contribution in [0.25, 0.3) is 0 Å². The standard InChI is InChI=1S/C20H23N5O2S/c1-26-17-8-16(9-18(10-17)27-2)22-11-14-12-23-20(28-3)25-19(14)24-15-6-4-5-7-21-13-15/h4-10,12-13,21-22H,11H2,1-3H3,(H,23,24,25). The number of rotatable bonds is 8. The molecule has 2 heterocycles. The van der Waals surface area contributed by atoms with Crippen LogP contribution in [0, 0.1) is 0 Å². The molecule has 0 spiro atoms. The molecule has 8 heteroatoms. The summed E-state index contributed by atoms with van der Waals surface area (Å²) in [6.07, 6.45) is 13.4. The zero-order chi connectivity index (χ0) is 19.8. The number of ether oxygens (including phenoxy) is 2. The Morgan fingerprint density at radius 1 is 1.11 bits per heavy atom. The average Bonchev–Trinajstić information content (AvgIpc) is 3.01. The summed E-state index contributed by atoms with van der Waals surface area (Å²) in [4.78, 5) is 9.03. The maximum Gasteiger partial charge on any atom is 0.189 e. The van der Waals surface area contributed by atoms with Gasteiger partial charge in [-0.05, 0) is 18.4 Å². The second-order valence-corrected chi connectivity index (χ2v) is 6.57. The van der Waals surface area contributed by atoms with E-state index in [9.17, 15) is 0 Å². The van der Waals surface area contributed by atoms with Crippen LogP contribution >= 0.6 is 11.8 Å². The lowest BCUT2D eigenvalue weighted by Gasteiger charge is -2.14. The Labute approximate surface area is 169 Å². The molecule has 0 saturated heterocycles. The van der Waals surface area contributed by atoms with E-state index in [2.05, 4.69) is 25.9 Å². The Kier molecular flexibility index (Phi) is 6.80. The predicted molar refractivity (Wildman–Crippen MR) is 114 cm³/mol. The summed E-state index contributed by atoms with van der Waals surface area (Å²) in [5.41, 5.74) is 2.72. The van der Waals surface area contributed by atoms with Gasteiger partial charge in [-0.3, -0.25) is 0 Å². The first-order valence-electron chi connectivity index (χ1n) is 8.65. The first-order valence-corrected chi connectivity index (χ1v) is 9.87. The number of allylic oxidation sites excluding steroid dienone is 3. The molecular formula is C20H23N5O2S. The number of nitrogens with one attached hydrogen (secondary N) is 3. The lowest BCUT2D eigenvalue weighted by molar-refractivity contribution is 0.394. The molecule has 7 nitrogen and oxygen atoms in total. The van der Waals surface area contributed by atoms with Crippen LogP contribution in [0.3, 0.4) is 0 Å². The van der Waals surface area contributed by atoms with Gasteiger partial charge in [0, 0.05) is 54.6 Å². The van der Waals surface area contributed by atoms with E-state index in [0.29, 0.717) is 11.7 Å². The predicted octanol–water partition coefficient (Wildman–Crippen LogP) is 3.75. The summed E-state index contributed by atoms with van der Waals surface area (Å²) >= 11 is 1.50. The minimum absolute atomic E-state index is 0.538. The van der Waals surface area contributed by atoms with Crippen LogP contribution in [0.1, 0.15) is 5.56 Å². The van der Waals surface area contributed by atoms with Gasteiger partial charge in [-0.2, -0.15) is 0 Å². The van der Waals surface area contributed by atoms with Crippen molar-refractivity contribution in [2.24, 2.45) is 0 Å². The maximum absolute atomic E-state index is 5.33. The molecule has 1 aliphatic rings. The average molecular weight is 398 g/mol. The molecule has 1 aliphatic heterocycles. The fraction of sp³-hybridized carbons (Fsp3) is 0.200. The van der Waals surface area contributed by atoms with Gasteiger partial charge in [0.25, 0.3) is 0 Å². The second-order valence-electron chi connectivity index (χ2n) is 5.80. The van der Waals surface area contributed by atoms with Gasteiger partial charge in [-0.1, -0.05) is 17.8 Å². The minimum atomic E-state index is 0.538. The zero-order valence-corrected chi connectivity index (χ0v) is 16.8. The van der Waals surface area contributed by atoms with E-state index in [0.717, 1.165) is 34.3 Å². The Morgan fingerprint density at radius 2 is 1.89 bits per heavy atom. The van der Waals surface area contributed by atoms with Crippen LogP contribution in [-0.4, -0.2) is 30.4 Å². The molecule has 0 atom stereocenters. The number of hydrogen-bond donors (Lipinski definition) is 3. The fourth-order valence-electron chi connectivity index (χ4n) is 2.50. The SMILES string of the molecule is COc1cc(NCc2cnc(SC)nc2NC2=CNC=CC=C2)cc(OC)c1. The molecule has 1 aromatic carbocycles. The molecule has 0 radical (unpaired) electrons. The molecular weight excluding hydrogens is 374 g/mol. The maximum atomic E-state index is 5.33. The highest BCUT2D eigenvalue weighted by atomic mass is 32.2. The number of thioether (sulfide) groups is 1. The van der Waals surface area contributed by atoms with E-state index in [1.165, 1.54) is 11.8 Å². The number of nitrogens with zero attached hydrogens (tertiary/aromatic N) is 2. The number of anilines is 2. The zero-order valence-electron chi connectivity index (χ0n) is 16.0. The van der Waals surface area contributed by atoms with Gasteiger partial charge in [0.1, 0.15) is 17.3 Å². The molecule has 146 valence electrons. The van der Waals surface area contributed by atoms with Crippen molar-refractivity contribution in [1.29, 1.82) is 0 Å². The Balaban J connectivity index is 1.80. The monoisotopic (exact) mass is 397 g/mol. The Bertz CT molecular complexity index is 889. The van der Waals surface area contributed by atoms with E-state index in [1.807, 2.05) is 61.3 Å². The Morgan fingerprint density at radius 3 is 2.61 bits per heavy atom. The summed E-state index contributed by atoms with van der Waals surface area (Å²) in [7, 11) is 3.26. The van der Waals surface area contributed by atoms with E-state index < -0.39 is 0 Å². The normalized spacial score (nSPS) is 12.6. The van der Waals surface area contributed by atoms with Gasteiger partial charge in [0.15, 0.2) is 5.16 Å². The molecule has 1 aromatic heterocycles. The molecule has 0 amide bonds. The highest BCUT2D eigenvalue weighted by Crippen LogP contribution is 2.27. The van der Waals surface area contributed by atoms with Gasteiger partial charge in [-0.25, -0.2) is 9.97 Å². The lowest BCUT2D eigenvalue weighted by Crippen LogP contribution is -2.10. The van der Waals surface area contributed by atoms with Crippen LogP contribution in [0.5, 0.6) is 11.5 Å². The molecule has 0 saturated carbocycles. The summed E-state index contributed by atoms with van der Waals surface area (Å²) in [5.74, 6) is 2.20. The molecule has 0 aliphatic carbocycles. The molecule has 3 rings (SSSR count). The smallest absolute Gasteiger partial charge is 0.189 e. The van der Waals surface area contributed by atoms with Crippen LogP contribution < -0.4 is 25.4 Å². The van der Waals surface area contributed by atoms with Crippen LogP contribution in [0.2, 0.25) is 0 Å². The van der Waals surface area contributed by atoms with Crippen molar-refractivity contribution in [2.75, 3.05) is 31.1 Å². The Hall–Kier alpha value is -3.13. The molecule has 0 unspecified atom stereocenters. The third-order valence-electron chi connectivity index (χ3n) is 3.94. The third kappa shape index (κ3) is 5.20. The van der Waals surface area contributed by atoms with Crippen molar-refractivity contribution in [3.63, 3.8) is 0 Å². The van der Waals surface area contributed by atoms with Crippen LogP contribution in [0.4, 0.5) is 11.5 Å². The van der Waals surface area contributed by atoms with E-state index in [1.54, 1.807) is 14.2 Å². The van der Waals surface area contributed by atoms with Crippen molar-refractivity contribution in [2.45, 2.75) is 11.7 Å². The molecule has 0 bridgehead atoms. The minimum Gasteiger partial charge on any atom is -0.497 e. The van der Waals surface area contributed by atoms with Gasteiger partial charge < -0.3 is 25.4 Å². The molecule has 28 heavy (non-hydrogen) atoms. The summed E-state index contributed by atoms with van der Waals surface area (Å²) in [6, 6.07) is 5.66. The van der Waals surface area contributed by atoms with Crippen molar-refractivity contribution in [3.05, 3.63) is 66.3 Å². The van der Waals surface area contributed by atoms with E-state index in [-0.39, 0.29) is 0 Å². The van der Waals surface area contributed by atoms with Crippen molar-refractivity contribution in [1.82, 2.24) is 15.3 Å². The first kappa shape index (κ1) is 19.6. The topological polar surface area (TPSA) is 80.3 Å². The number of methoxy groups -OCH3 is 2. The highest BCUT2D eigenvalue weighted by Gasteiger charge is 2.09. The lowest BCUT2D eigenvalue weighted by atomic mass is 10.2. The number of hydrogen-bond acceptors (Lipinski definition) is 8. The van der Waals surface area contributed by atoms with E-state index >= 15 is 0 Å². The van der Waals surface area contributed by atoms with Crippen molar-refractivity contribution in [3.8, 4) is 11.5 Å². The van der Waals surface area contributed by atoms with Crippen LogP contribution in [0.15, 0.2) is 65.9 Å². The van der Waals surface area contributed by atoms with Gasteiger partial charge in [-0.15, -0.1) is 0 Å².